The number of hydrogen-bond donors (Lipinski definition) is 1. The molecule has 2 bridgehead atoms. The van der Waals surface area contributed by atoms with Gasteiger partial charge in [0.25, 0.3) is 0 Å². The van der Waals surface area contributed by atoms with Gasteiger partial charge in [-0.3, -0.25) is 4.90 Å². The van der Waals surface area contributed by atoms with Crippen molar-refractivity contribution >= 4 is 0 Å². The number of nitrogens with two attached hydrogens (primary N) is 1. The van der Waals surface area contributed by atoms with E-state index in [-0.39, 0.29) is 0 Å². The second-order valence-corrected chi connectivity index (χ2v) is 4.31. The van der Waals surface area contributed by atoms with E-state index in [1.807, 2.05) is 0 Å². The molecule has 0 aromatic carbocycles. The van der Waals surface area contributed by atoms with E-state index in [0.29, 0.717) is 18.1 Å². The first-order valence-electron chi connectivity index (χ1n) is 5.40. The summed E-state index contributed by atoms with van der Waals surface area (Å²) >= 11 is 0. The molecule has 2 saturated heterocycles. The van der Waals surface area contributed by atoms with Gasteiger partial charge in [-0.25, -0.2) is 0 Å². The molecular weight excluding hydrogens is 164 g/mol. The van der Waals surface area contributed by atoms with E-state index in [1.165, 1.54) is 13.0 Å². The van der Waals surface area contributed by atoms with Gasteiger partial charge in [0, 0.05) is 18.1 Å². The SMILES string of the molecule is CCCN1[C@@H]2COC[C@H]1CC(N)C2. The van der Waals surface area contributed by atoms with Gasteiger partial charge in [-0.05, 0) is 25.8 Å². The van der Waals surface area contributed by atoms with Crippen LogP contribution in [0.4, 0.5) is 0 Å². The summed E-state index contributed by atoms with van der Waals surface area (Å²) in [5, 5.41) is 0. The predicted molar refractivity (Wildman–Crippen MR) is 52.6 cm³/mol. The van der Waals surface area contributed by atoms with Crippen LogP contribution in [0.15, 0.2) is 0 Å². The standard InChI is InChI=1S/C10H20N2O/c1-2-3-12-9-4-8(11)5-10(12)7-13-6-9/h8-10H,2-7,11H2,1H3/t8?,9-,10+. The quantitative estimate of drug-likeness (QED) is 0.682. The van der Waals surface area contributed by atoms with Gasteiger partial charge >= 0.3 is 0 Å². The van der Waals surface area contributed by atoms with Crippen LogP contribution in [-0.2, 0) is 4.74 Å². The smallest absolute Gasteiger partial charge is 0.0623 e. The van der Waals surface area contributed by atoms with E-state index < -0.39 is 0 Å². The zero-order valence-electron chi connectivity index (χ0n) is 8.41. The zero-order chi connectivity index (χ0) is 9.26. The summed E-state index contributed by atoms with van der Waals surface area (Å²) in [4.78, 5) is 2.60. The Labute approximate surface area is 80.2 Å². The molecule has 76 valence electrons. The molecule has 2 aliphatic heterocycles. The van der Waals surface area contributed by atoms with Crippen molar-refractivity contribution in [1.82, 2.24) is 4.90 Å². The molecular formula is C10H20N2O. The molecule has 2 N–H and O–H groups in total. The molecule has 0 saturated carbocycles. The van der Waals surface area contributed by atoms with Crippen molar-refractivity contribution < 1.29 is 4.74 Å². The van der Waals surface area contributed by atoms with Gasteiger partial charge < -0.3 is 10.5 Å². The van der Waals surface area contributed by atoms with E-state index in [9.17, 15) is 0 Å². The lowest BCUT2D eigenvalue weighted by Crippen LogP contribution is -2.59. The fourth-order valence-electron chi connectivity index (χ4n) is 2.66. The highest BCUT2D eigenvalue weighted by Gasteiger charge is 2.36. The summed E-state index contributed by atoms with van der Waals surface area (Å²) in [7, 11) is 0. The minimum Gasteiger partial charge on any atom is -0.378 e. The maximum absolute atomic E-state index is 6.00. The van der Waals surface area contributed by atoms with E-state index >= 15 is 0 Å². The molecule has 13 heavy (non-hydrogen) atoms. The summed E-state index contributed by atoms with van der Waals surface area (Å²) < 4.78 is 5.56. The minimum atomic E-state index is 0.409. The van der Waals surface area contributed by atoms with Crippen LogP contribution in [-0.4, -0.2) is 42.8 Å². The molecule has 2 rings (SSSR count). The van der Waals surface area contributed by atoms with Crippen molar-refractivity contribution in [2.45, 2.75) is 44.3 Å². The molecule has 0 amide bonds. The van der Waals surface area contributed by atoms with Crippen LogP contribution in [0, 0.1) is 0 Å². The van der Waals surface area contributed by atoms with Crippen molar-refractivity contribution in [2.24, 2.45) is 5.73 Å². The average molecular weight is 184 g/mol. The van der Waals surface area contributed by atoms with E-state index in [4.69, 9.17) is 10.5 Å². The van der Waals surface area contributed by atoms with Gasteiger partial charge in [0.1, 0.15) is 0 Å². The molecule has 3 heteroatoms. The molecule has 2 heterocycles. The molecule has 3 nitrogen and oxygen atoms in total. The Hall–Kier alpha value is -0.120. The maximum atomic E-state index is 6.00. The third kappa shape index (κ3) is 1.87. The van der Waals surface area contributed by atoms with Gasteiger partial charge in [-0.2, -0.15) is 0 Å². The highest BCUT2D eigenvalue weighted by Crippen LogP contribution is 2.26. The van der Waals surface area contributed by atoms with Crippen LogP contribution >= 0.6 is 0 Å². The topological polar surface area (TPSA) is 38.5 Å². The maximum Gasteiger partial charge on any atom is 0.0623 e. The summed E-state index contributed by atoms with van der Waals surface area (Å²) in [6, 6.07) is 1.61. The summed E-state index contributed by atoms with van der Waals surface area (Å²) in [5.41, 5.74) is 6.00. The minimum absolute atomic E-state index is 0.409. The number of rotatable bonds is 2. The number of hydrogen-bond acceptors (Lipinski definition) is 3. The lowest BCUT2D eigenvalue weighted by Gasteiger charge is -2.47. The van der Waals surface area contributed by atoms with Gasteiger partial charge in [0.05, 0.1) is 13.2 Å². The molecule has 0 aliphatic carbocycles. The summed E-state index contributed by atoms with van der Waals surface area (Å²) in [6.07, 6.45) is 3.48. The van der Waals surface area contributed by atoms with Crippen molar-refractivity contribution in [1.29, 1.82) is 0 Å². The third-order valence-corrected chi connectivity index (χ3v) is 3.19. The lowest BCUT2D eigenvalue weighted by molar-refractivity contribution is -0.0773. The second-order valence-electron chi connectivity index (χ2n) is 4.31. The molecule has 3 atom stereocenters. The Balaban J connectivity index is 2.01. The van der Waals surface area contributed by atoms with Crippen LogP contribution in [0.1, 0.15) is 26.2 Å². The van der Waals surface area contributed by atoms with Crippen LogP contribution in [0.2, 0.25) is 0 Å². The second kappa shape index (κ2) is 3.95. The molecule has 0 radical (unpaired) electrons. The Morgan fingerprint density at radius 2 is 1.92 bits per heavy atom. The van der Waals surface area contributed by atoms with Gasteiger partial charge in [0.15, 0.2) is 0 Å². The van der Waals surface area contributed by atoms with Gasteiger partial charge in [-0.1, -0.05) is 6.92 Å². The Morgan fingerprint density at radius 1 is 1.31 bits per heavy atom. The molecule has 0 aromatic heterocycles. The van der Waals surface area contributed by atoms with E-state index in [2.05, 4.69) is 11.8 Å². The first kappa shape index (κ1) is 9.44. The van der Waals surface area contributed by atoms with Crippen molar-refractivity contribution in [3.05, 3.63) is 0 Å². The number of morpholine rings is 1. The molecule has 2 fully saturated rings. The molecule has 1 unspecified atom stereocenters. The predicted octanol–water partition coefficient (Wildman–Crippen LogP) is 0.587. The Morgan fingerprint density at radius 3 is 2.46 bits per heavy atom. The molecule has 0 aromatic rings. The largest absolute Gasteiger partial charge is 0.378 e. The molecule has 2 aliphatic rings. The van der Waals surface area contributed by atoms with Gasteiger partial charge in [0.2, 0.25) is 0 Å². The summed E-state index contributed by atoms with van der Waals surface area (Å²) in [5.74, 6) is 0. The molecule has 0 spiro atoms. The van der Waals surface area contributed by atoms with Crippen LogP contribution < -0.4 is 5.73 Å². The average Bonchev–Trinajstić information content (AvgIpc) is 2.07. The first-order chi connectivity index (χ1) is 6.31. The Kier molecular flexibility index (Phi) is 2.86. The van der Waals surface area contributed by atoms with Crippen LogP contribution in [0.5, 0.6) is 0 Å². The van der Waals surface area contributed by atoms with E-state index in [0.717, 1.165) is 26.1 Å². The van der Waals surface area contributed by atoms with E-state index in [1.54, 1.807) is 0 Å². The highest BCUT2D eigenvalue weighted by atomic mass is 16.5. The zero-order valence-corrected chi connectivity index (χ0v) is 8.41. The van der Waals surface area contributed by atoms with Crippen LogP contribution in [0.25, 0.3) is 0 Å². The number of fused-ring (bicyclic) bond motifs is 2. The third-order valence-electron chi connectivity index (χ3n) is 3.19. The number of ether oxygens (including phenoxy) is 1. The summed E-state index contributed by atoms with van der Waals surface area (Å²) in [6.45, 7) is 5.24. The van der Waals surface area contributed by atoms with Crippen molar-refractivity contribution in [3.63, 3.8) is 0 Å². The fraction of sp³-hybridized carbons (Fsp3) is 1.00. The first-order valence-corrected chi connectivity index (χ1v) is 5.40. The normalized spacial score (nSPS) is 40.6. The Bertz CT molecular complexity index is 160. The highest BCUT2D eigenvalue weighted by molar-refractivity contribution is 4.92. The fourth-order valence-corrected chi connectivity index (χ4v) is 2.66. The van der Waals surface area contributed by atoms with Crippen LogP contribution in [0.3, 0.4) is 0 Å². The monoisotopic (exact) mass is 184 g/mol. The van der Waals surface area contributed by atoms with Crippen molar-refractivity contribution in [2.75, 3.05) is 19.8 Å². The lowest BCUT2D eigenvalue weighted by atomic mass is 9.90. The van der Waals surface area contributed by atoms with Gasteiger partial charge in [-0.15, -0.1) is 0 Å². The number of piperidine rings is 1. The van der Waals surface area contributed by atoms with Crippen molar-refractivity contribution in [3.8, 4) is 0 Å². The number of nitrogens with zero attached hydrogens (tertiary/aromatic N) is 1.